The van der Waals surface area contributed by atoms with Crippen molar-refractivity contribution in [3.05, 3.63) is 75.4 Å². The normalized spacial score (nSPS) is 10.5. The van der Waals surface area contributed by atoms with Gasteiger partial charge >= 0.3 is 0 Å². The van der Waals surface area contributed by atoms with Gasteiger partial charge in [0.15, 0.2) is 0 Å². The van der Waals surface area contributed by atoms with Gasteiger partial charge in [0, 0.05) is 9.77 Å². The Bertz CT molecular complexity index is 894. The molecule has 0 atom stereocenters. The van der Waals surface area contributed by atoms with Crippen molar-refractivity contribution in [1.82, 2.24) is 15.1 Å². The molecule has 3 aromatic rings. The molecule has 1 amide bonds. The van der Waals surface area contributed by atoms with Gasteiger partial charge in [-0.3, -0.25) is 4.79 Å². The molecule has 5 nitrogen and oxygen atoms in total. The number of carbonyl (C=O) groups is 1. The summed E-state index contributed by atoms with van der Waals surface area (Å²) in [5.74, 6) is 0.153. The summed E-state index contributed by atoms with van der Waals surface area (Å²) in [5.41, 5.74) is 2.06. The van der Waals surface area contributed by atoms with E-state index in [2.05, 4.69) is 10.4 Å². The first-order chi connectivity index (χ1) is 12.1. The van der Waals surface area contributed by atoms with Gasteiger partial charge < -0.3 is 10.1 Å². The van der Waals surface area contributed by atoms with Crippen molar-refractivity contribution in [3.8, 4) is 11.4 Å². The molecule has 1 N–H and O–H groups in total. The van der Waals surface area contributed by atoms with Gasteiger partial charge in [-0.2, -0.15) is 5.10 Å². The molecule has 0 fully saturated rings. The Morgan fingerprint density at radius 2 is 2.00 bits per heavy atom. The Morgan fingerprint density at radius 1 is 1.24 bits per heavy atom. The van der Waals surface area contributed by atoms with Crippen molar-refractivity contribution >= 4 is 28.5 Å². The molecule has 1 aromatic heterocycles. The van der Waals surface area contributed by atoms with E-state index in [1.54, 1.807) is 11.8 Å². The molecular formula is C18H15FIN3O2. The SMILES string of the molecule is COc1ccc(-n2ccc(CNC(=O)c3ccc(F)cc3I)n2)cc1. The van der Waals surface area contributed by atoms with Gasteiger partial charge in [0.2, 0.25) is 0 Å². The highest BCUT2D eigenvalue weighted by Crippen LogP contribution is 2.15. The van der Waals surface area contributed by atoms with Crippen LogP contribution in [-0.2, 0) is 6.54 Å². The van der Waals surface area contributed by atoms with Crippen molar-refractivity contribution in [2.24, 2.45) is 0 Å². The van der Waals surface area contributed by atoms with Crippen LogP contribution in [0.1, 0.15) is 16.1 Å². The lowest BCUT2D eigenvalue weighted by atomic mass is 10.2. The Morgan fingerprint density at radius 3 is 2.68 bits per heavy atom. The van der Waals surface area contributed by atoms with Crippen LogP contribution in [0.15, 0.2) is 54.7 Å². The smallest absolute Gasteiger partial charge is 0.252 e. The van der Waals surface area contributed by atoms with E-state index in [4.69, 9.17) is 4.74 Å². The zero-order chi connectivity index (χ0) is 17.8. The summed E-state index contributed by atoms with van der Waals surface area (Å²) in [7, 11) is 1.62. The Balaban J connectivity index is 1.66. The molecule has 7 heteroatoms. The summed E-state index contributed by atoms with van der Waals surface area (Å²) in [6, 6.07) is 13.4. The fraction of sp³-hybridized carbons (Fsp3) is 0.111. The molecule has 0 spiro atoms. The highest BCUT2D eigenvalue weighted by atomic mass is 127. The first kappa shape index (κ1) is 17.4. The molecule has 1 heterocycles. The van der Waals surface area contributed by atoms with Gasteiger partial charge in [-0.05, 0) is 71.1 Å². The molecule has 0 radical (unpaired) electrons. The van der Waals surface area contributed by atoms with Crippen LogP contribution in [0.4, 0.5) is 4.39 Å². The number of aromatic nitrogens is 2. The zero-order valence-corrected chi connectivity index (χ0v) is 15.5. The molecule has 3 rings (SSSR count). The minimum atomic E-state index is -0.362. The summed E-state index contributed by atoms with van der Waals surface area (Å²) in [6.45, 7) is 0.287. The first-order valence-electron chi connectivity index (χ1n) is 7.49. The number of halogens is 2. The number of hydrogen-bond donors (Lipinski definition) is 1. The second kappa shape index (κ2) is 7.64. The summed E-state index contributed by atoms with van der Waals surface area (Å²) in [4.78, 5) is 12.2. The minimum absolute atomic E-state index is 0.261. The number of carbonyl (C=O) groups excluding carboxylic acids is 1. The largest absolute Gasteiger partial charge is 0.497 e. The van der Waals surface area contributed by atoms with Gasteiger partial charge in [-0.15, -0.1) is 0 Å². The molecule has 0 unspecified atom stereocenters. The van der Waals surface area contributed by atoms with Crippen LogP contribution >= 0.6 is 22.6 Å². The topological polar surface area (TPSA) is 56.1 Å². The summed E-state index contributed by atoms with van der Waals surface area (Å²) < 4.78 is 20.5. The second-order valence-electron chi connectivity index (χ2n) is 5.26. The number of nitrogens with one attached hydrogen (secondary N) is 1. The predicted molar refractivity (Wildman–Crippen MR) is 100 cm³/mol. The van der Waals surface area contributed by atoms with Crippen LogP contribution in [0.3, 0.4) is 0 Å². The number of methoxy groups -OCH3 is 1. The van der Waals surface area contributed by atoms with E-state index in [-0.39, 0.29) is 18.3 Å². The maximum absolute atomic E-state index is 13.1. The predicted octanol–water partition coefficient (Wildman–Crippen LogP) is 3.55. The zero-order valence-electron chi connectivity index (χ0n) is 13.4. The van der Waals surface area contributed by atoms with E-state index in [1.165, 1.54) is 18.2 Å². The lowest BCUT2D eigenvalue weighted by molar-refractivity contribution is 0.0949. The van der Waals surface area contributed by atoms with E-state index in [0.717, 1.165) is 17.1 Å². The van der Waals surface area contributed by atoms with E-state index in [0.29, 0.717) is 9.13 Å². The highest BCUT2D eigenvalue weighted by molar-refractivity contribution is 14.1. The van der Waals surface area contributed by atoms with Gasteiger partial charge in [0.05, 0.1) is 30.6 Å². The number of rotatable bonds is 5. The Hall–Kier alpha value is -2.42. The van der Waals surface area contributed by atoms with Crippen LogP contribution in [0.2, 0.25) is 0 Å². The third kappa shape index (κ3) is 4.16. The van der Waals surface area contributed by atoms with Crippen molar-refractivity contribution < 1.29 is 13.9 Å². The van der Waals surface area contributed by atoms with E-state index < -0.39 is 0 Å². The van der Waals surface area contributed by atoms with Crippen molar-refractivity contribution in [2.45, 2.75) is 6.54 Å². The van der Waals surface area contributed by atoms with Crippen molar-refractivity contribution in [1.29, 1.82) is 0 Å². The summed E-state index contributed by atoms with van der Waals surface area (Å²) in [6.07, 6.45) is 1.82. The Kier molecular flexibility index (Phi) is 5.32. The minimum Gasteiger partial charge on any atom is -0.497 e. The molecule has 25 heavy (non-hydrogen) atoms. The lowest BCUT2D eigenvalue weighted by Gasteiger charge is -2.06. The first-order valence-corrected chi connectivity index (χ1v) is 8.57. The van der Waals surface area contributed by atoms with Crippen molar-refractivity contribution in [2.75, 3.05) is 7.11 Å². The fourth-order valence-electron chi connectivity index (χ4n) is 2.27. The van der Waals surface area contributed by atoms with Crippen LogP contribution < -0.4 is 10.1 Å². The maximum Gasteiger partial charge on any atom is 0.252 e. The van der Waals surface area contributed by atoms with E-state index in [1.807, 2.05) is 59.1 Å². The third-order valence-electron chi connectivity index (χ3n) is 3.59. The molecule has 0 aliphatic carbocycles. The number of benzene rings is 2. The number of nitrogens with zero attached hydrogens (tertiary/aromatic N) is 2. The fourth-order valence-corrected chi connectivity index (χ4v) is 3.00. The maximum atomic E-state index is 13.1. The number of amides is 1. The van der Waals surface area contributed by atoms with Crippen molar-refractivity contribution in [3.63, 3.8) is 0 Å². The second-order valence-corrected chi connectivity index (χ2v) is 6.42. The Labute approximate surface area is 157 Å². The number of ether oxygens (including phenoxy) is 1. The van der Waals surface area contributed by atoms with Crippen LogP contribution in [0.5, 0.6) is 5.75 Å². The highest BCUT2D eigenvalue weighted by Gasteiger charge is 2.11. The lowest BCUT2D eigenvalue weighted by Crippen LogP contribution is -2.24. The van der Waals surface area contributed by atoms with Gasteiger partial charge in [0.25, 0.3) is 5.91 Å². The van der Waals surface area contributed by atoms with E-state index >= 15 is 0 Å². The molecule has 0 saturated carbocycles. The van der Waals surface area contributed by atoms with Crippen LogP contribution in [0.25, 0.3) is 5.69 Å². The molecule has 0 aliphatic rings. The van der Waals surface area contributed by atoms with Gasteiger partial charge in [0.1, 0.15) is 11.6 Å². The molecule has 0 aliphatic heterocycles. The van der Waals surface area contributed by atoms with Gasteiger partial charge in [-0.1, -0.05) is 0 Å². The average Bonchev–Trinajstić information content (AvgIpc) is 3.09. The van der Waals surface area contributed by atoms with Crippen LogP contribution in [-0.4, -0.2) is 22.8 Å². The quantitative estimate of drug-likeness (QED) is 0.604. The summed E-state index contributed by atoms with van der Waals surface area (Å²) in [5, 5.41) is 7.23. The number of hydrogen-bond acceptors (Lipinski definition) is 3. The summed E-state index contributed by atoms with van der Waals surface area (Å²) >= 11 is 1.94. The molecule has 2 aromatic carbocycles. The monoisotopic (exact) mass is 451 g/mol. The standard InChI is InChI=1S/C18H15FIN3O2/c1-25-15-5-3-14(4-6-15)23-9-8-13(22-23)11-21-18(24)16-7-2-12(19)10-17(16)20/h2-10H,11H2,1H3,(H,21,24). The molecular weight excluding hydrogens is 436 g/mol. The van der Waals surface area contributed by atoms with E-state index in [9.17, 15) is 9.18 Å². The third-order valence-corrected chi connectivity index (χ3v) is 4.48. The van der Waals surface area contributed by atoms with Crippen LogP contribution in [0, 0.1) is 9.39 Å². The molecule has 0 bridgehead atoms. The molecule has 128 valence electrons. The molecule has 0 saturated heterocycles. The average molecular weight is 451 g/mol. The van der Waals surface area contributed by atoms with Gasteiger partial charge in [-0.25, -0.2) is 9.07 Å².